The number of hydrogen-bond acceptors (Lipinski definition) is 9. The van der Waals surface area contributed by atoms with Crippen molar-refractivity contribution in [3.05, 3.63) is 514 Å². The molecule has 0 fully saturated rings. The Morgan fingerprint density at radius 1 is 0.264 bits per heavy atom. The number of aryl methyl sites for hydroxylation is 3. The van der Waals surface area contributed by atoms with Crippen LogP contribution in [0.1, 0.15) is 48.8 Å². The van der Waals surface area contributed by atoms with Gasteiger partial charge in [-0.15, -0.1) is 177 Å². The number of rotatable bonds is 15. The molecule has 0 amide bonds. The molecule has 0 aliphatic carbocycles. The van der Waals surface area contributed by atoms with Crippen molar-refractivity contribution < 1.29 is 63.2 Å². The van der Waals surface area contributed by atoms with Crippen LogP contribution in [-0.4, -0.2) is 63.7 Å². The van der Waals surface area contributed by atoms with Crippen LogP contribution in [0.15, 0.2) is 449 Å². The Morgan fingerprint density at radius 2 is 0.615 bits per heavy atom. The smallest absolute Gasteiger partial charge is 0.353 e. The minimum absolute atomic E-state index is 0. The van der Waals surface area contributed by atoms with Crippen LogP contribution in [0.5, 0.6) is 0 Å². The summed E-state index contributed by atoms with van der Waals surface area (Å²) in [6.45, 7) is 14.8. The number of hydrogen-bond donors (Lipinski definition) is 0. The quantitative estimate of drug-likeness (QED) is 0.0733. The van der Waals surface area contributed by atoms with Crippen LogP contribution in [0.4, 0.5) is 51.2 Å². The summed E-state index contributed by atoms with van der Waals surface area (Å²) >= 11 is 0. The first-order valence-electron chi connectivity index (χ1n) is 49.3. The van der Waals surface area contributed by atoms with Gasteiger partial charge in [0.05, 0.1) is 39.5 Å². The van der Waals surface area contributed by atoms with E-state index in [1.54, 1.807) is 0 Å². The maximum Gasteiger partial charge on any atom is 2.00 e. The summed E-state index contributed by atoms with van der Waals surface area (Å²) in [6, 6.07) is 174. The van der Waals surface area contributed by atoms with Crippen LogP contribution < -0.4 is 63.9 Å². The minimum Gasteiger partial charge on any atom is -0.353 e. The van der Waals surface area contributed by atoms with E-state index in [2.05, 4.69) is 500 Å². The number of aromatic nitrogens is 9. The third kappa shape index (κ3) is 18.6. The molecule has 18 heteroatoms. The summed E-state index contributed by atoms with van der Waals surface area (Å²) in [4.78, 5) is 36.8. The van der Waals surface area contributed by atoms with Crippen molar-refractivity contribution >= 4 is 143 Å². The predicted octanol–water partition coefficient (Wildman–Crippen LogP) is 24.3. The second-order valence-corrected chi connectivity index (χ2v) is 38.1. The standard InChI is InChI=1S/C46H35BN4.C42H27BN4.C42H33BN4.3Pt/c1-46(2,3)34-27-28-48-41(31-34)32-15-14-16-35(29-32)47-38-21-10-12-23-42(38)50(36-17-6-4-7-18-36)43-26-25-33(30-39(43)47)45-49-40-22-11-13-24-44(40)51(45)37-19-8-5-9-20-37;1-3-16-33(17-4-1)46-39-23-9-7-20-35(39)43(32-15-13-14-30(28-32)37-21-11-12-27-44-37)36-29-31(25-26-40(36)46)42-45-38-22-8-10-24-41(38)47(42)34-18-5-2-6-19-34;1-28-24-29(2)41(44-27-28)32-14-13-15-34(25-32)43-37-20-11-12-21-39(37)47(36-18-9-6-10-19-36)40-23-22-33(26-38(40)43)42-45-30(3)31(4)46(42)35-16-7-5-8-17-35;;;/h4-28,31H,1-3H3;1-27H;5-24,27H,1-4H3;;;/q3*-2;3*+2. The van der Waals surface area contributed by atoms with E-state index in [1.807, 2.05) is 67.1 Å². The number of benzene rings is 17. The molecule has 0 saturated carbocycles. The molecule has 0 saturated heterocycles. The van der Waals surface area contributed by atoms with Crippen LogP contribution in [0, 0.1) is 64.1 Å². The monoisotopic (exact) mass is 2440 g/mol. The topological polar surface area (TPSA) is 102 Å². The van der Waals surface area contributed by atoms with Crippen molar-refractivity contribution in [2.45, 2.75) is 53.9 Å². The molecule has 9 heterocycles. The van der Waals surface area contributed by atoms with E-state index in [-0.39, 0.29) is 88.7 Å². The summed E-state index contributed by atoms with van der Waals surface area (Å²) in [7, 11) is 0. The summed E-state index contributed by atoms with van der Waals surface area (Å²) in [5.41, 5.74) is 41.5. The predicted molar refractivity (Wildman–Crippen MR) is 600 cm³/mol. The van der Waals surface area contributed by atoms with Crippen molar-refractivity contribution in [1.29, 1.82) is 0 Å². The molecule has 714 valence electrons. The van der Waals surface area contributed by atoms with Crippen molar-refractivity contribution in [2.24, 2.45) is 0 Å². The van der Waals surface area contributed by atoms with E-state index < -0.39 is 0 Å². The van der Waals surface area contributed by atoms with Crippen LogP contribution in [0.3, 0.4) is 0 Å². The van der Waals surface area contributed by atoms with Crippen LogP contribution in [0.2, 0.25) is 0 Å². The van der Waals surface area contributed by atoms with E-state index in [0.717, 1.165) is 214 Å². The number of nitrogens with zero attached hydrogens (tertiary/aromatic N) is 12. The zero-order valence-corrected chi connectivity index (χ0v) is 89.1. The van der Waals surface area contributed by atoms with Crippen molar-refractivity contribution in [1.82, 2.24) is 43.6 Å². The van der Waals surface area contributed by atoms with Gasteiger partial charge in [-0.3, -0.25) is 15.0 Å². The molecule has 0 bridgehead atoms. The van der Waals surface area contributed by atoms with Crippen LogP contribution in [0.25, 0.3) is 107 Å². The van der Waals surface area contributed by atoms with Gasteiger partial charge in [0.1, 0.15) is 0 Å². The van der Waals surface area contributed by atoms with Gasteiger partial charge >= 0.3 is 63.2 Å². The maximum absolute atomic E-state index is 5.21. The van der Waals surface area contributed by atoms with Gasteiger partial charge in [0.2, 0.25) is 20.1 Å². The Morgan fingerprint density at radius 3 is 1.02 bits per heavy atom. The van der Waals surface area contributed by atoms with E-state index in [1.165, 1.54) is 22.0 Å². The molecule has 0 radical (unpaired) electrons. The largest absolute Gasteiger partial charge is 2.00 e. The molecule has 12 nitrogen and oxygen atoms in total. The minimum atomic E-state index is -0.128. The molecule has 3 aliphatic rings. The Balaban J connectivity index is 0.000000129. The summed E-state index contributed by atoms with van der Waals surface area (Å²) in [6.07, 6.45) is 5.68. The molecule has 23 aromatic rings. The van der Waals surface area contributed by atoms with Gasteiger partial charge in [0.15, 0.2) is 0 Å². The van der Waals surface area contributed by atoms with Gasteiger partial charge in [-0.05, 0) is 222 Å². The molecule has 0 spiro atoms. The number of para-hydroxylation sites is 13. The van der Waals surface area contributed by atoms with E-state index in [4.69, 9.17) is 24.9 Å². The Labute approximate surface area is 908 Å². The van der Waals surface area contributed by atoms with Gasteiger partial charge in [0.25, 0.3) is 0 Å². The molecule has 0 unspecified atom stereocenters. The molecule has 0 N–H and O–H groups in total. The molecular weight excluding hydrogens is 2350 g/mol. The van der Waals surface area contributed by atoms with Gasteiger partial charge in [-0.2, -0.15) is 16.4 Å². The first-order chi connectivity index (χ1) is 71.2. The average Bonchev–Trinajstić information content (AvgIpc) is 1.03. The second-order valence-electron chi connectivity index (χ2n) is 38.1. The van der Waals surface area contributed by atoms with Gasteiger partial charge in [0, 0.05) is 81.2 Å². The maximum atomic E-state index is 5.21. The van der Waals surface area contributed by atoms with E-state index in [9.17, 15) is 0 Å². The fraction of sp³-hybridized carbons (Fsp3) is 0.0615. The van der Waals surface area contributed by atoms with Gasteiger partial charge in [-0.25, -0.2) is 0 Å². The Hall–Kier alpha value is -16.0. The molecule has 17 aromatic carbocycles. The van der Waals surface area contributed by atoms with Crippen LogP contribution in [-0.2, 0) is 68.6 Å². The molecule has 0 atom stereocenters. The number of anilines is 9. The molecule has 3 aliphatic heterocycles. The first kappa shape index (κ1) is 98.0. The zero-order valence-electron chi connectivity index (χ0n) is 82.3. The summed E-state index contributed by atoms with van der Waals surface area (Å²) in [5.74, 6) is 2.60. The molecule has 6 aromatic heterocycles. The summed E-state index contributed by atoms with van der Waals surface area (Å²) < 4.78 is 6.73. The van der Waals surface area contributed by atoms with Crippen molar-refractivity contribution in [2.75, 3.05) is 14.7 Å². The van der Waals surface area contributed by atoms with E-state index >= 15 is 0 Å². The van der Waals surface area contributed by atoms with Gasteiger partial charge in [-0.1, -0.05) is 239 Å². The van der Waals surface area contributed by atoms with E-state index in [0.29, 0.717) is 0 Å². The number of pyridine rings is 3. The SMILES string of the molecule is CC(C)(C)c1ccnc(-c2[c-]c(B3c4[c-]c(-c5nc6ccccc6n5-c5ccccc5)ccc4N(c4ccccc4)c4ccccc43)ccc2)c1.Cc1cnc(-c2[c-]c(B3c4[c-]c(-c5nc(C)c(C)n5-c5ccccc5)ccc4N(c4ccccc4)c4ccccc43)ccc2)c(C)c1.[Pt+2].[Pt+2].[Pt+2].[c-]1c(B2c3[c-]c(-c4nc5ccccc5n4-c4ccccc4)ccc3N(c3ccccc3)c3ccccc32)cccc1-c1ccccn1. The normalized spacial score (nSPS) is 12.0. The number of fused-ring (bicyclic) bond motifs is 8. The molecular formula is C130H95B3N12Pt3. The Bertz CT molecular complexity index is 8790. The zero-order chi connectivity index (χ0) is 97.8. The fourth-order valence-corrected chi connectivity index (χ4v) is 21.1. The molecule has 148 heavy (non-hydrogen) atoms. The second kappa shape index (κ2) is 42.2. The molecule has 26 rings (SSSR count). The Kier molecular flexibility index (Phi) is 28.0. The number of imidazole rings is 3. The van der Waals surface area contributed by atoms with Crippen molar-refractivity contribution in [3.63, 3.8) is 0 Å². The third-order valence-corrected chi connectivity index (χ3v) is 27.9. The van der Waals surface area contributed by atoms with Crippen molar-refractivity contribution in [3.8, 4) is 85.0 Å². The fourth-order valence-electron chi connectivity index (χ4n) is 21.1. The first-order valence-corrected chi connectivity index (χ1v) is 49.3. The summed E-state index contributed by atoms with van der Waals surface area (Å²) in [5, 5.41) is 0. The van der Waals surface area contributed by atoms with Crippen LogP contribution >= 0.6 is 0 Å². The third-order valence-electron chi connectivity index (χ3n) is 27.9. The van der Waals surface area contributed by atoms with Gasteiger partial charge < -0.3 is 43.4 Å². The average molecular weight is 2440 g/mol.